The molecule has 0 aliphatic carbocycles. The summed E-state index contributed by atoms with van der Waals surface area (Å²) in [6, 6.07) is 7.23. The van der Waals surface area contributed by atoms with Gasteiger partial charge in [0.05, 0.1) is 18.6 Å². The third-order valence-electron chi connectivity index (χ3n) is 3.50. The average molecular weight is 292 g/mol. The summed E-state index contributed by atoms with van der Waals surface area (Å²) in [5.74, 6) is -0.130. The lowest BCUT2D eigenvalue weighted by atomic mass is 9.97. The molecular weight excluding hydrogens is 272 g/mol. The number of rotatable bonds is 4. The monoisotopic (exact) mass is 292 g/mol. The van der Waals surface area contributed by atoms with Crippen molar-refractivity contribution in [3.8, 4) is 5.75 Å². The van der Waals surface area contributed by atoms with Crippen LogP contribution in [-0.2, 0) is 4.79 Å². The standard InChI is InChI=1S/C15H20N2O4/c1-10-9-12(11-5-3-4-6-13(11)21-10)16-15(20)17(2)8-7-14(18)19/h3-6,10,12H,7-9H2,1-2H3,(H,16,20)(H,18,19)/t10-,12-/m1/s1. The zero-order valence-corrected chi connectivity index (χ0v) is 12.2. The fraction of sp³-hybridized carbons (Fsp3) is 0.467. The van der Waals surface area contributed by atoms with Gasteiger partial charge in [-0.05, 0) is 13.0 Å². The molecule has 1 heterocycles. The summed E-state index contributed by atoms with van der Waals surface area (Å²) in [6.45, 7) is 2.14. The predicted molar refractivity (Wildman–Crippen MR) is 77.3 cm³/mol. The van der Waals surface area contributed by atoms with E-state index in [-0.39, 0.29) is 31.1 Å². The zero-order chi connectivity index (χ0) is 15.4. The van der Waals surface area contributed by atoms with Gasteiger partial charge in [-0.2, -0.15) is 0 Å². The van der Waals surface area contributed by atoms with E-state index in [9.17, 15) is 9.59 Å². The van der Waals surface area contributed by atoms with Crippen LogP contribution in [0.3, 0.4) is 0 Å². The van der Waals surface area contributed by atoms with Gasteiger partial charge in [-0.3, -0.25) is 4.79 Å². The van der Waals surface area contributed by atoms with E-state index in [2.05, 4.69) is 5.32 Å². The third-order valence-corrected chi connectivity index (χ3v) is 3.50. The summed E-state index contributed by atoms with van der Waals surface area (Å²) in [4.78, 5) is 24.1. The molecule has 0 spiro atoms. The van der Waals surface area contributed by atoms with Crippen LogP contribution in [0.2, 0.25) is 0 Å². The molecule has 0 saturated carbocycles. The molecule has 2 N–H and O–H groups in total. The Hall–Kier alpha value is -2.24. The molecule has 0 radical (unpaired) electrons. The van der Waals surface area contributed by atoms with E-state index in [4.69, 9.17) is 9.84 Å². The molecule has 6 heteroatoms. The topological polar surface area (TPSA) is 78.9 Å². The SMILES string of the molecule is C[C@@H]1C[C@@H](NC(=O)N(C)CCC(=O)O)c2ccccc2O1. The van der Waals surface area contributed by atoms with Crippen LogP contribution >= 0.6 is 0 Å². The summed E-state index contributed by atoms with van der Waals surface area (Å²) < 4.78 is 5.74. The molecule has 1 aromatic rings. The maximum atomic E-state index is 12.1. The van der Waals surface area contributed by atoms with Crippen molar-refractivity contribution in [2.45, 2.75) is 31.9 Å². The summed E-state index contributed by atoms with van der Waals surface area (Å²) in [7, 11) is 1.59. The summed E-state index contributed by atoms with van der Waals surface area (Å²) in [6.07, 6.45) is 0.648. The number of urea groups is 1. The lowest BCUT2D eigenvalue weighted by molar-refractivity contribution is -0.137. The van der Waals surface area contributed by atoms with Crippen LogP contribution in [0.4, 0.5) is 4.79 Å². The lowest BCUT2D eigenvalue weighted by Crippen LogP contribution is -2.42. The Balaban J connectivity index is 2.02. The van der Waals surface area contributed by atoms with Crippen molar-refractivity contribution in [3.63, 3.8) is 0 Å². The van der Waals surface area contributed by atoms with Gasteiger partial charge < -0.3 is 20.1 Å². The molecule has 2 atom stereocenters. The second-order valence-electron chi connectivity index (χ2n) is 5.27. The molecular formula is C15H20N2O4. The van der Waals surface area contributed by atoms with E-state index >= 15 is 0 Å². The number of hydrogen-bond donors (Lipinski definition) is 2. The van der Waals surface area contributed by atoms with Crippen LogP contribution in [0.15, 0.2) is 24.3 Å². The number of amides is 2. The van der Waals surface area contributed by atoms with Crippen molar-refractivity contribution in [2.75, 3.05) is 13.6 Å². The van der Waals surface area contributed by atoms with Crippen LogP contribution in [0, 0.1) is 0 Å². The van der Waals surface area contributed by atoms with E-state index in [1.54, 1.807) is 7.05 Å². The molecule has 0 fully saturated rings. The minimum Gasteiger partial charge on any atom is -0.490 e. The number of para-hydroxylation sites is 1. The number of aliphatic carboxylic acids is 1. The molecule has 0 bridgehead atoms. The Morgan fingerprint density at radius 1 is 1.43 bits per heavy atom. The molecule has 6 nitrogen and oxygen atoms in total. The number of nitrogens with one attached hydrogen (secondary N) is 1. The van der Waals surface area contributed by atoms with E-state index in [1.165, 1.54) is 4.90 Å². The number of fused-ring (bicyclic) bond motifs is 1. The summed E-state index contributed by atoms with van der Waals surface area (Å²) in [5.41, 5.74) is 0.954. The fourth-order valence-electron chi connectivity index (χ4n) is 2.36. The Morgan fingerprint density at radius 2 is 2.14 bits per heavy atom. The van der Waals surface area contributed by atoms with Crippen molar-refractivity contribution >= 4 is 12.0 Å². The first-order valence-corrected chi connectivity index (χ1v) is 6.96. The molecule has 0 saturated heterocycles. The van der Waals surface area contributed by atoms with Gasteiger partial charge in [0.1, 0.15) is 5.75 Å². The first-order valence-electron chi connectivity index (χ1n) is 6.96. The maximum Gasteiger partial charge on any atom is 0.317 e. The highest BCUT2D eigenvalue weighted by Crippen LogP contribution is 2.34. The normalized spacial score (nSPS) is 20.1. The number of ether oxygens (including phenoxy) is 1. The van der Waals surface area contributed by atoms with Gasteiger partial charge in [-0.25, -0.2) is 4.79 Å². The first kappa shape index (κ1) is 15.2. The Bertz CT molecular complexity index is 532. The van der Waals surface area contributed by atoms with Gasteiger partial charge in [-0.1, -0.05) is 18.2 Å². The minimum absolute atomic E-state index is 0.0227. The highest BCUT2D eigenvalue weighted by atomic mass is 16.5. The van der Waals surface area contributed by atoms with Gasteiger partial charge in [0.25, 0.3) is 0 Å². The van der Waals surface area contributed by atoms with Crippen molar-refractivity contribution in [3.05, 3.63) is 29.8 Å². The quantitative estimate of drug-likeness (QED) is 0.890. The van der Waals surface area contributed by atoms with Crippen molar-refractivity contribution in [1.82, 2.24) is 10.2 Å². The number of carboxylic acids is 1. The molecule has 2 amide bonds. The van der Waals surface area contributed by atoms with E-state index < -0.39 is 5.97 Å². The number of carboxylic acid groups (broad SMARTS) is 1. The molecule has 1 aliphatic heterocycles. The zero-order valence-electron chi connectivity index (χ0n) is 12.2. The molecule has 114 valence electrons. The van der Waals surface area contributed by atoms with E-state index in [0.717, 1.165) is 11.3 Å². The van der Waals surface area contributed by atoms with Crippen molar-refractivity contribution < 1.29 is 19.4 Å². The number of carbonyl (C=O) groups is 2. The molecule has 0 unspecified atom stereocenters. The van der Waals surface area contributed by atoms with Crippen LogP contribution in [0.25, 0.3) is 0 Å². The van der Waals surface area contributed by atoms with E-state index in [1.807, 2.05) is 31.2 Å². The molecule has 1 aromatic carbocycles. The highest BCUT2D eigenvalue weighted by molar-refractivity contribution is 5.75. The van der Waals surface area contributed by atoms with Gasteiger partial charge in [0, 0.05) is 25.6 Å². The van der Waals surface area contributed by atoms with Crippen LogP contribution in [-0.4, -0.2) is 41.7 Å². The number of benzene rings is 1. The van der Waals surface area contributed by atoms with Gasteiger partial charge in [0.2, 0.25) is 0 Å². The van der Waals surface area contributed by atoms with Crippen LogP contribution in [0.1, 0.15) is 31.4 Å². The lowest BCUT2D eigenvalue weighted by Gasteiger charge is -2.32. The average Bonchev–Trinajstić information content (AvgIpc) is 2.44. The molecule has 0 aromatic heterocycles. The van der Waals surface area contributed by atoms with Crippen LogP contribution < -0.4 is 10.1 Å². The van der Waals surface area contributed by atoms with Crippen molar-refractivity contribution in [1.29, 1.82) is 0 Å². The minimum atomic E-state index is -0.917. The number of hydrogen-bond acceptors (Lipinski definition) is 3. The van der Waals surface area contributed by atoms with Crippen molar-refractivity contribution in [2.24, 2.45) is 0 Å². The smallest absolute Gasteiger partial charge is 0.317 e. The molecule has 1 aliphatic rings. The van der Waals surface area contributed by atoms with E-state index in [0.29, 0.717) is 6.42 Å². The number of nitrogens with zero attached hydrogens (tertiary/aromatic N) is 1. The van der Waals surface area contributed by atoms with Gasteiger partial charge in [-0.15, -0.1) is 0 Å². The second-order valence-corrected chi connectivity index (χ2v) is 5.27. The third kappa shape index (κ3) is 3.87. The number of carbonyl (C=O) groups excluding carboxylic acids is 1. The molecule has 21 heavy (non-hydrogen) atoms. The Labute approximate surface area is 123 Å². The summed E-state index contributed by atoms with van der Waals surface area (Å²) >= 11 is 0. The van der Waals surface area contributed by atoms with Gasteiger partial charge in [0.15, 0.2) is 0 Å². The highest BCUT2D eigenvalue weighted by Gasteiger charge is 2.27. The summed E-state index contributed by atoms with van der Waals surface area (Å²) in [5, 5.41) is 11.6. The van der Waals surface area contributed by atoms with Gasteiger partial charge >= 0.3 is 12.0 Å². The fourth-order valence-corrected chi connectivity index (χ4v) is 2.36. The Kier molecular flexibility index (Phi) is 4.67. The largest absolute Gasteiger partial charge is 0.490 e. The maximum absolute atomic E-state index is 12.1. The second kappa shape index (κ2) is 6.47. The Morgan fingerprint density at radius 3 is 2.86 bits per heavy atom. The first-order chi connectivity index (χ1) is 9.97. The van der Waals surface area contributed by atoms with Crippen LogP contribution in [0.5, 0.6) is 5.75 Å². The predicted octanol–water partition coefficient (Wildman–Crippen LogP) is 2.01. The molecule has 2 rings (SSSR count).